The zero-order valence-electron chi connectivity index (χ0n) is 13.2. The van der Waals surface area contributed by atoms with E-state index in [1.807, 2.05) is 35.4 Å². The van der Waals surface area contributed by atoms with Crippen LogP contribution in [0.2, 0.25) is 0 Å². The zero-order chi connectivity index (χ0) is 16.2. The summed E-state index contributed by atoms with van der Waals surface area (Å²) in [5, 5.41) is 0.892. The Bertz CT molecular complexity index is 700. The minimum Gasteiger partial charge on any atom is -0.383 e. The quantitative estimate of drug-likeness (QED) is 0.908. The number of carbonyl (C=O) groups excluding carboxylic acids is 1. The van der Waals surface area contributed by atoms with Gasteiger partial charge in [-0.25, -0.2) is 9.97 Å². The average molecular weight is 331 g/mol. The summed E-state index contributed by atoms with van der Waals surface area (Å²) in [6.07, 6.45) is 1.95. The van der Waals surface area contributed by atoms with Crippen molar-refractivity contribution in [3.05, 3.63) is 30.1 Å². The number of nitrogens with two attached hydrogens (primary N) is 1. The molecule has 1 saturated heterocycles. The maximum Gasteiger partial charge on any atom is 0.232 e. The molecule has 0 bridgehead atoms. The van der Waals surface area contributed by atoms with Gasteiger partial charge in [0.25, 0.3) is 0 Å². The number of nitrogens with zero attached hydrogens (tertiary/aromatic N) is 4. The molecular formula is C16H21N5OS. The zero-order valence-corrected chi connectivity index (χ0v) is 14.1. The summed E-state index contributed by atoms with van der Waals surface area (Å²) in [5.74, 6) is 2.05. The number of benzene rings is 1. The minimum atomic E-state index is 0.225. The van der Waals surface area contributed by atoms with Crippen LogP contribution >= 0.6 is 11.8 Å². The number of nitrogen functional groups attached to an aromatic ring is 1. The number of aromatic nitrogens is 2. The Kier molecular flexibility index (Phi) is 4.97. The predicted octanol–water partition coefficient (Wildman–Crippen LogP) is 1.22. The molecule has 3 rings (SSSR count). The first kappa shape index (κ1) is 16.0. The highest BCUT2D eigenvalue weighted by Gasteiger charge is 2.21. The van der Waals surface area contributed by atoms with Crippen molar-refractivity contribution >= 4 is 34.4 Å². The highest BCUT2D eigenvalue weighted by Crippen LogP contribution is 2.18. The number of rotatable bonds is 4. The summed E-state index contributed by atoms with van der Waals surface area (Å²) in [5.41, 5.74) is 6.91. The van der Waals surface area contributed by atoms with E-state index in [1.54, 1.807) is 11.8 Å². The van der Waals surface area contributed by atoms with E-state index in [2.05, 4.69) is 14.9 Å². The maximum atomic E-state index is 11.9. The van der Waals surface area contributed by atoms with Crippen molar-refractivity contribution in [2.24, 2.45) is 0 Å². The van der Waals surface area contributed by atoms with Crippen molar-refractivity contribution in [2.45, 2.75) is 6.54 Å². The number of carbonyl (C=O) groups is 1. The monoisotopic (exact) mass is 331 g/mol. The number of anilines is 1. The fourth-order valence-electron chi connectivity index (χ4n) is 2.79. The molecule has 122 valence electrons. The Morgan fingerprint density at radius 2 is 1.96 bits per heavy atom. The van der Waals surface area contributed by atoms with Crippen LogP contribution in [0.3, 0.4) is 0 Å². The number of fused-ring (bicyclic) bond motifs is 1. The van der Waals surface area contributed by atoms with Crippen molar-refractivity contribution in [1.29, 1.82) is 0 Å². The summed E-state index contributed by atoms with van der Waals surface area (Å²) in [4.78, 5) is 25.1. The van der Waals surface area contributed by atoms with E-state index in [0.29, 0.717) is 18.1 Å². The molecule has 0 unspecified atom stereocenters. The highest BCUT2D eigenvalue weighted by molar-refractivity contribution is 7.99. The van der Waals surface area contributed by atoms with E-state index in [-0.39, 0.29) is 5.91 Å². The van der Waals surface area contributed by atoms with Gasteiger partial charge in [0, 0.05) is 31.6 Å². The van der Waals surface area contributed by atoms with Crippen LogP contribution in [-0.2, 0) is 11.3 Å². The maximum absolute atomic E-state index is 11.9. The lowest BCUT2D eigenvalue weighted by molar-refractivity contribution is -0.130. The normalized spacial score (nSPS) is 16.0. The van der Waals surface area contributed by atoms with Crippen molar-refractivity contribution in [2.75, 3.05) is 43.9 Å². The summed E-state index contributed by atoms with van der Waals surface area (Å²) < 4.78 is 0. The van der Waals surface area contributed by atoms with E-state index >= 15 is 0 Å². The van der Waals surface area contributed by atoms with Gasteiger partial charge < -0.3 is 10.6 Å². The molecule has 2 aromatic rings. The van der Waals surface area contributed by atoms with Gasteiger partial charge in [0.15, 0.2) is 0 Å². The van der Waals surface area contributed by atoms with Crippen molar-refractivity contribution < 1.29 is 4.79 Å². The number of thioether (sulfide) groups is 1. The van der Waals surface area contributed by atoms with Crippen LogP contribution in [0, 0.1) is 0 Å². The molecule has 6 nitrogen and oxygen atoms in total. The largest absolute Gasteiger partial charge is 0.383 e. The summed E-state index contributed by atoms with van der Waals surface area (Å²) in [7, 11) is 0. The molecule has 23 heavy (non-hydrogen) atoms. The van der Waals surface area contributed by atoms with Gasteiger partial charge >= 0.3 is 0 Å². The Morgan fingerprint density at radius 1 is 1.22 bits per heavy atom. The van der Waals surface area contributed by atoms with E-state index < -0.39 is 0 Å². The molecule has 0 atom stereocenters. The van der Waals surface area contributed by atoms with Gasteiger partial charge in [-0.1, -0.05) is 12.1 Å². The Balaban J connectivity index is 1.64. The number of para-hydroxylation sites is 1. The minimum absolute atomic E-state index is 0.225. The van der Waals surface area contributed by atoms with E-state index in [0.717, 1.165) is 42.9 Å². The van der Waals surface area contributed by atoms with Crippen molar-refractivity contribution in [1.82, 2.24) is 19.8 Å². The number of hydrogen-bond donors (Lipinski definition) is 1. The van der Waals surface area contributed by atoms with Crippen LogP contribution < -0.4 is 5.73 Å². The SMILES string of the molecule is CSCC(=O)N1CCN(Cc2nc(N)c3ccccc3n2)CC1. The number of hydrogen-bond acceptors (Lipinski definition) is 6. The standard InChI is InChI=1S/C16H21N5OS/c1-23-11-15(22)21-8-6-20(7-9-21)10-14-18-13-5-3-2-4-12(13)16(17)19-14/h2-5H,6-11H2,1H3,(H2,17,18,19). The van der Waals surface area contributed by atoms with Gasteiger partial charge in [-0.2, -0.15) is 11.8 Å². The topological polar surface area (TPSA) is 75.4 Å². The predicted molar refractivity (Wildman–Crippen MR) is 94.2 cm³/mol. The molecule has 0 spiro atoms. The first-order valence-electron chi connectivity index (χ1n) is 7.67. The fourth-order valence-corrected chi connectivity index (χ4v) is 3.22. The third-order valence-corrected chi connectivity index (χ3v) is 4.57. The molecule has 1 fully saturated rings. The lowest BCUT2D eigenvalue weighted by Crippen LogP contribution is -2.49. The second kappa shape index (κ2) is 7.14. The Hall–Kier alpha value is -1.86. The Morgan fingerprint density at radius 3 is 2.70 bits per heavy atom. The molecule has 0 aliphatic carbocycles. The molecule has 1 aromatic carbocycles. The third-order valence-electron chi connectivity index (χ3n) is 4.04. The second-order valence-electron chi connectivity index (χ2n) is 5.63. The van der Waals surface area contributed by atoms with Gasteiger partial charge in [-0.15, -0.1) is 0 Å². The molecule has 2 heterocycles. The van der Waals surface area contributed by atoms with E-state index in [1.165, 1.54) is 0 Å². The molecule has 1 aliphatic rings. The van der Waals surface area contributed by atoms with Gasteiger partial charge in [0.2, 0.25) is 5.91 Å². The molecule has 2 N–H and O–H groups in total. The van der Waals surface area contributed by atoms with Gasteiger partial charge in [0.1, 0.15) is 11.6 Å². The molecule has 7 heteroatoms. The smallest absolute Gasteiger partial charge is 0.232 e. The molecule has 1 amide bonds. The summed E-state index contributed by atoms with van der Waals surface area (Å²) in [6, 6.07) is 7.78. The van der Waals surface area contributed by atoms with Crippen LogP contribution in [0.1, 0.15) is 5.82 Å². The van der Waals surface area contributed by atoms with E-state index in [4.69, 9.17) is 5.73 Å². The Labute approximate surface area is 140 Å². The first-order valence-corrected chi connectivity index (χ1v) is 9.07. The van der Waals surface area contributed by atoms with Gasteiger partial charge in [0.05, 0.1) is 17.8 Å². The summed E-state index contributed by atoms with van der Waals surface area (Å²) >= 11 is 1.57. The van der Waals surface area contributed by atoms with Crippen molar-refractivity contribution in [3.8, 4) is 0 Å². The lowest BCUT2D eigenvalue weighted by atomic mass is 10.2. The van der Waals surface area contributed by atoms with Crippen LogP contribution in [0.25, 0.3) is 10.9 Å². The van der Waals surface area contributed by atoms with Crippen molar-refractivity contribution in [3.63, 3.8) is 0 Å². The average Bonchev–Trinajstić information content (AvgIpc) is 2.56. The molecular weight excluding hydrogens is 310 g/mol. The first-order chi connectivity index (χ1) is 11.2. The number of piperazine rings is 1. The van der Waals surface area contributed by atoms with Gasteiger partial charge in [-0.05, 0) is 18.4 Å². The second-order valence-corrected chi connectivity index (χ2v) is 6.50. The fraction of sp³-hybridized carbons (Fsp3) is 0.438. The number of amides is 1. The van der Waals surface area contributed by atoms with Crippen LogP contribution in [0.4, 0.5) is 5.82 Å². The summed E-state index contributed by atoms with van der Waals surface area (Å²) in [6.45, 7) is 3.89. The molecule has 1 aromatic heterocycles. The molecule has 0 saturated carbocycles. The molecule has 0 radical (unpaired) electrons. The van der Waals surface area contributed by atoms with Crippen LogP contribution in [0.15, 0.2) is 24.3 Å². The van der Waals surface area contributed by atoms with Crippen LogP contribution in [-0.4, -0.2) is 63.9 Å². The van der Waals surface area contributed by atoms with Gasteiger partial charge in [-0.3, -0.25) is 9.69 Å². The van der Waals surface area contributed by atoms with E-state index in [9.17, 15) is 4.79 Å². The lowest BCUT2D eigenvalue weighted by Gasteiger charge is -2.34. The third kappa shape index (κ3) is 3.73. The molecule has 1 aliphatic heterocycles. The van der Waals surface area contributed by atoms with Crippen LogP contribution in [0.5, 0.6) is 0 Å². The highest BCUT2D eigenvalue weighted by atomic mass is 32.2.